The number of unbranched alkanes of at least 4 members (excludes halogenated alkanes) is 1. The molecule has 3 heterocycles. The average Bonchev–Trinajstić information content (AvgIpc) is 2.97. The van der Waals surface area contributed by atoms with Crippen molar-refractivity contribution in [3.05, 3.63) is 35.9 Å². The SMILES string of the molecule is CCCCN1CC2(CC(NC(=O)[C@@H]3CC[C@@H]4CN3C(=O)N4OCc3ccccc3)C2)C1. The van der Waals surface area contributed by atoms with Crippen LogP contribution in [0.2, 0.25) is 0 Å². The molecule has 2 atom stereocenters. The van der Waals surface area contributed by atoms with E-state index < -0.39 is 0 Å². The molecule has 5 rings (SSSR count). The Balaban J connectivity index is 1.09. The zero-order valence-electron chi connectivity index (χ0n) is 18.5. The lowest BCUT2D eigenvalue weighted by Crippen LogP contribution is -2.67. The number of hydrogen-bond acceptors (Lipinski definition) is 4. The van der Waals surface area contributed by atoms with Crippen LogP contribution in [0.4, 0.5) is 4.79 Å². The number of nitrogens with one attached hydrogen (secondary N) is 1. The van der Waals surface area contributed by atoms with Gasteiger partial charge in [0.15, 0.2) is 0 Å². The van der Waals surface area contributed by atoms with Crippen molar-refractivity contribution in [3.63, 3.8) is 0 Å². The van der Waals surface area contributed by atoms with Crippen LogP contribution in [0, 0.1) is 5.41 Å². The van der Waals surface area contributed by atoms with E-state index in [0.717, 1.165) is 24.8 Å². The summed E-state index contributed by atoms with van der Waals surface area (Å²) in [6, 6.07) is 9.62. The molecule has 1 saturated carbocycles. The van der Waals surface area contributed by atoms with Crippen LogP contribution in [0.1, 0.15) is 51.0 Å². The maximum absolute atomic E-state index is 13.0. The number of benzene rings is 1. The molecule has 4 fully saturated rings. The van der Waals surface area contributed by atoms with E-state index in [9.17, 15) is 9.59 Å². The highest BCUT2D eigenvalue weighted by Crippen LogP contribution is 2.48. The molecule has 1 aromatic carbocycles. The van der Waals surface area contributed by atoms with Gasteiger partial charge in [-0.05, 0) is 49.6 Å². The minimum Gasteiger partial charge on any atom is -0.352 e. The lowest BCUT2D eigenvalue weighted by molar-refractivity contribution is -0.140. The number of likely N-dealkylation sites (tertiary alicyclic amines) is 1. The van der Waals surface area contributed by atoms with E-state index in [1.165, 1.54) is 37.5 Å². The first-order chi connectivity index (χ1) is 15.1. The molecule has 1 aromatic rings. The normalized spacial score (nSPS) is 27.3. The molecule has 0 radical (unpaired) electrons. The summed E-state index contributed by atoms with van der Waals surface area (Å²) in [6.45, 7) is 6.75. The van der Waals surface area contributed by atoms with E-state index in [2.05, 4.69) is 17.1 Å². The molecule has 0 aromatic heterocycles. The van der Waals surface area contributed by atoms with Gasteiger partial charge >= 0.3 is 6.03 Å². The molecule has 2 bridgehead atoms. The van der Waals surface area contributed by atoms with Gasteiger partial charge in [0.1, 0.15) is 12.6 Å². The third kappa shape index (κ3) is 4.05. The van der Waals surface area contributed by atoms with Crippen LogP contribution < -0.4 is 5.32 Å². The number of hydroxylamine groups is 2. The topological polar surface area (TPSA) is 65.1 Å². The molecule has 3 aliphatic heterocycles. The second kappa shape index (κ2) is 8.43. The third-order valence-corrected chi connectivity index (χ3v) is 7.49. The molecule has 7 heteroatoms. The standard InChI is InChI=1S/C24H34N4O3/c1-2-3-11-26-16-24(17-26)12-19(13-24)25-22(29)21-10-9-20-14-27(21)23(30)28(20)31-15-18-7-5-4-6-8-18/h4-8,19-21H,2-3,9-17H2,1H3,(H,25,29)/t20-,21+/m1/s1. The first-order valence-electron chi connectivity index (χ1n) is 11.9. The molecule has 1 spiro atoms. The molecular formula is C24H34N4O3. The highest BCUT2D eigenvalue weighted by molar-refractivity contribution is 5.88. The maximum Gasteiger partial charge on any atom is 0.345 e. The van der Waals surface area contributed by atoms with E-state index in [-0.39, 0.29) is 30.1 Å². The van der Waals surface area contributed by atoms with Crippen LogP contribution >= 0.6 is 0 Å². The number of nitrogens with zero attached hydrogens (tertiary/aromatic N) is 3. The van der Waals surface area contributed by atoms with E-state index in [0.29, 0.717) is 25.0 Å². The predicted octanol–water partition coefficient (Wildman–Crippen LogP) is 2.77. The van der Waals surface area contributed by atoms with Crippen molar-refractivity contribution in [1.29, 1.82) is 0 Å². The summed E-state index contributed by atoms with van der Waals surface area (Å²) in [6.07, 6.45) is 6.18. The molecule has 3 amide bonds. The summed E-state index contributed by atoms with van der Waals surface area (Å²) in [5.74, 6) is 0.0127. The van der Waals surface area contributed by atoms with E-state index in [1.807, 2.05) is 30.3 Å². The van der Waals surface area contributed by atoms with Crippen molar-refractivity contribution in [3.8, 4) is 0 Å². The van der Waals surface area contributed by atoms with Crippen molar-refractivity contribution in [1.82, 2.24) is 20.2 Å². The van der Waals surface area contributed by atoms with Gasteiger partial charge in [-0.25, -0.2) is 4.79 Å². The Morgan fingerprint density at radius 2 is 1.97 bits per heavy atom. The van der Waals surface area contributed by atoms with Crippen LogP contribution in [-0.4, -0.2) is 71.1 Å². The molecule has 0 unspecified atom stereocenters. The van der Waals surface area contributed by atoms with Gasteiger partial charge in [0.25, 0.3) is 0 Å². The fraction of sp³-hybridized carbons (Fsp3) is 0.667. The van der Waals surface area contributed by atoms with Crippen LogP contribution in [-0.2, 0) is 16.2 Å². The van der Waals surface area contributed by atoms with Crippen molar-refractivity contribution in [2.75, 3.05) is 26.2 Å². The molecule has 31 heavy (non-hydrogen) atoms. The fourth-order valence-corrected chi connectivity index (χ4v) is 5.87. The van der Waals surface area contributed by atoms with Gasteiger partial charge in [0, 0.05) is 25.7 Å². The number of urea groups is 1. The number of carbonyl (C=O) groups is 2. The Hall–Kier alpha value is -2.12. The summed E-state index contributed by atoms with van der Waals surface area (Å²) in [4.78, 5) is 36.0. The summed E-state index contributed by atoms with van der Waals surface area (Å²) in [5.41, 5.74) is 1.47. The Labute approximate surface area is 184 Å². The number of hydrogen-bond donors (Lipinski definition) is 1. The maximum atomic E-state index is 13.0. The molecule has 7 nitrogen and oxygen atoms in total. The van der Waals surface area contributed by atoms with Crippen LogP contribution in [0.3, 0.4) is 0 Å². The first-order valence-corrected chi connectivity index (χ1v) is 11.9. The Morgan fingerprint density at radius 3 is 2.71 bits per heavy atom. The van der Waals surface area contributed by atoms with Crippen molar-refractivity contribution >= 4 is 11.9 Å². The molecule has 1 aliphatic carbocycles. The molecule has 4 aliphatic rings. The lowest BCUT2D eigenvalue weighted by atomic mass is 9.60. The van der Waals surface area contributed by atoms with Gasteiger partial charge in [-0.3, -0.25) is 9.63 Å². The van der Waals surface area contributed by atoms with Crippen molar-refractivity contribution < 1.29 is 14.4 Å². The summed E-state index contributed by atoms with van der Waals surface area (Å²) < 4.78 is 0. The average molecular weight is 427 g/mol. The third-order valence-electron chi connectivity index (χ3n) is 7.49. The van der Waals surface area contributed by atoms with E-state index >= 15 is 0 Å². The first kappa shape index (κ1) is 20.8. The second-order valence-corrected chi connectivity index (χ2v) is 9.94. The highest BCUT2D eigenvalue weighted by Gasteiger charge is 2.53. The zero-order valence-corrected chi connectivity index (χ0v) is 18.5. The molecule has 168 valence electrons. The van der Waals surface area contributed by atoms with Crippen LogP contribution in [0.25, 0.3) is 0 Å². The monoisotopic (exact) mass is 426 g/mol. The molecule has 3 saturated heterocycles. The fourth-order valence-electron chi connectivity index (χ4n) is 5.87. The minimum absolute atomic E-state index is 0.0127. The van der Waals surface area contributed by atoms with E-state index in [4.69, 9.17) is 4.84 Å². The zero-order chi connectivity index (χ0) is 21.4. The smallest absolute Gasteiger partial charge is 0.345 e. The van der Waals surface area contributed by atoms with Gasteiger partial charge in [-0.1, -0.05) is 43.7 Å². The van der Waals surface area contributed by atoms with E-state index in [1.54, 1.807) is 4.90 Å². The number of piperidine rings is 1. The number of fused-ring (bicyclic) bond motifs is 2. The van der Waals surface area contributed by atoms with Crippen molar-refractivity contribution in [2.24, 2.45) is 5.41 Å². The van der Waals surface area contributed by atoms with Gasteiger partial charge < -0.3 is 15.1 Å². The summed E-state index contributed by atoms with van der Waals surface area (Å²) in [5, 5.41) is 4.73. The summed E-state index contributed by atoms with van der Waals surface area (Å²) >= 11 is 0. The van der Waals surface area contributed by atoms with Crippen molar-refractivity contribution in [2.45, 2.75) is 70.2 Å². The van der Waals surface area contributed by atoms with Crippen LogP contribution in [0.5, 0.6) is 0 Å². The number of carbonyl (C=O) groups excluding carboxylic acids is 2. The Kier molecular flexibility index (Phi) is 5.65. The Morgan fingerprint density at radius 1 is 1.19 bits per heavy atom. The van der Waals surface area contributed by atoms with Gasteiger partial charge in [0.05, 0.1) is 6.04 Å². The molecular weight excluding hydrogens is 392 g/mol. The summed E-state index contributed by atoms with van der Waals surface area (Å²) in [7, 11) is 0. The van der Waals surface area contributed by atoms with Gasteiger partial charge in [-0.2, -0.15) is 5.06 Å². The van der Waals surface area contributed by atoms with Crippen LogP contribution in [0.15, 0.2) is 30.3 Å². The number of amides is 3. The minimum atomic E-state index is -0.368. The second-order valence-electron chi connectivity index (χ2n) is 9.94. The van der Waals surface area contributed by atoms with Gasteiger partial charge in [-0.15, -0.1) is 0 Å². The Bertz CT molecular complexity index is 802. The lowest BCUT2D eigenvalue weighted by Gasteiger charge is -2.59. The number of rotatable bonds is 8. The largest absolute Gasteiger partial charge is 0.352 e. The predicted molar refractivity (Wildman–Crippen MR) is 117 cm³/mol. The molecule has 1 N–H and O–H groups in total. The quantitative estimate of drug-likeness (QED) is 0.694. The highest BCUT2D eigenvalue weighted by atomic mass is 16.7. The van der Waals surface area contributed by atoms with Gasteiger partial charge in [0.2, 0.25) is 5.91 Å².